The van der Waals surface area contributed by atoms with Crippen molar-refractivity contribution in [1.82, 2.24) is 19.2 Å². The van der Waals surface area contributed by atoms with Crippen LogP contribution in [0.25, 0.3) is 11.0 Å². The lowest BCUT2D eigenvalue weighted by Crippen LogP contribution is -2.39. The van der Waals surface area contributed by atoms with Crippen LogP contribution in [0, 0.1) is 0 Å². The Morgan fingerprint density at radius 3 is 2.49 bits per heavy atom. The van der Waals surface area contributed by atoms with Gasteiger partial charge in [-0.05, 0) is 62.6 Å². The van der Waals surface area contributed by atoms with E-state index in [1.165, 1.54) is 25.2 Å². The van der Waals surface area contributed by atoms with Gasteiger partial charge in [0, 0.05) is 31.0 Å². The molecule has 0 bridgehead atoms. The number of carbonyl (C=O) groups excluding carboxylic acids is 2. The highest BCUT2D eigenvalue weighted by Crippen LogP contribution is 2.39. The van der Waals surface area contributed by atoms with E-state index in [-0.39, 0.29) is 18.1 Å². The predicted octanol–water partition coefficient (Wildman–Crippen LogP) is 4.46. The van der Waals surface area contributed by atoms with E-state index < -0.39 is 21.2 Å². The molecular formula is C29H36N4O5S. The van der Waals surface area contributed by atoms with Gasteiger partial charge in [0.1, 0.15) is 5.82 Å². The maximum atomic E-state index is 12.6. The van der Waals surface area contributed by atoms with E-state index in [1.807, 2.05) is 18.2 Å². The van der Waals surface area contributed by atoms with Gasteiger partial charge in [-0.15, -0.1) is 0 Å². The van der Waals surface area contributed by atoms with Gasteiger partial charge in [-0.2, -0.15) is 0 Å². The highest BCUT2D eigenvalue weighted by atomic mass is 32.2. The van der Waals surface area contributed by atoms with E-state index in [0.29, 0.717) is 38.8 Å². The van der Waals surface area contributed by atoms with E-state index in [2.05, 4.69) is 40.5 Å². The number of ether oxygens (including phenoxy) is 1. The van der Waals surface area contributed by atoms with E-state index in [1.54, 1.807) is 4.90 Å². The SMILES string of the molecule is COC(=O)N1CCc2ccc3c(nc(C4CCC(S(=O)(=O)NC(C)=O)CC4)n3[C@@H](C)Cc3ccccc3)c2C1. The largest absolute Gasteiger partial charge is 0.453 e. The van der Waals surface area contributed by atoms with Crippen LogP contribution in [0.15, 0.2) is 42.5 Å². The Morgan fingerprint density at radius 1 is 1.10 bits per heavy atom. The molecule has 3 aromatic rings. The van der Waals surface area contributed by atoms with Gasteiger partial charge in [0.15, 0.2) is 0 Å². The Balaban J connectivity index is 1.52. The number of sulfonamides is 1. The summed E-state index contributed by atoms with van der Waals surface area (Å²) in [5.74, 6) is 0.502. The molecule has 2 amide bonds. The third kappa shape index (κ3) is 5.52. The zero-order valence-corrected chi connectivity index (χ0v) is 23.5. The zero-order chi connectivity index (χ0) is 27.7. The van der Waals surface area contributed by atoms with Crippen LogP contribution in [-0.4, -0.2) is 53.8 Å². The third-order valence-electron chi connectivity index (χ3n) is 8.10. The Hall–Kier alpha value is -3.40. The summed E-state index contributed by atoms with van der Waals surface area (Å²) in [5.41, 5.74) is 5.42. The number of methoxy groups -OCH3 is 1. The number of amides is 2. The number of carbonyl (C=O) groups is 2. The monoisotopic (exact) mass is 552 g/mol. The van der Waals surface area contributed by atoms with E-state index in [9.17, 15) is 18.0 Å². The molecular weight excluding hydrogens is 516 g/mol. The molecule has 10 heteroatoms. The van der Waals surface area contributed by atoms with Crippen molar-refractivity contribution in [3.63, 3.8) is 0 Å². The molecule has 1 N–H and O–H groups in total. The average Bonchev–Trinajstić information content (AvgIpc) is 3.32. The second kappa shape index (κ2) is 11.0. The van der Waals surface area contributed by atoms with Gasteiger partial charge in [0.25, 0.3) is 0 Å². The van der Waals surface area contributed by atoms with Gasteiger partial charge in [-0.3, -0.25) is 9.52 Å². The van der Waals surface area contributed by atoms with E-state index in [0.717, 1.165) is 35.3 Å². The Morgan fingerprint density at radius 2 is 1.82 bits per heavy atom. The van der Waals surface area contributed by atoms with Gasteiger partial charge >= 0.3 is 6.09 Å². The second-order valence-electron chi connectivity index (χ2n) is 10.8. The summed E-state index contributed by atoms with van der Waals surface area (Å²) in [5, 5.41) is -0.585. The summed E-state index contributed by atoms with van der Waals surface area (Å²) in [6, 6.07) is 14.8. The number of hydrogen-bond donors (Lipinski definition) is 1. The minimum atomic E-state index is -3.68. The number of rotatable bonds is 6. The average molecular weight is 553 g/mol. The van der Waals surface area contributed by atoms with E-state index in [4.69, 9.17) is 9.72 Å². The van der Waals surface area contributed by atoms with Gasteiger partial charge in [-0.25, -0.2) is 18.2 Å². The van der Waals surface area contributed by atoms with Crippen molar-refractivity contribution in [1.29, 1.82) is 0 Å². The third-order valence-corrected chi connectivity index (χ3v) is 10.0. The van der Waals surface area contributed by atoms with Crippen LogP contribution in [0.5, 0.6) is 0 Å². The highest BCUT2D eigenvalue weighted by Gasteiger charge is 2.35. The molecule has 0 saturated heterocycles. The first-order valence-electron chi connectivity index (χ1n) is 13.6. The summed E-state index contributed by atoms with van der Waals surface area (Å²) >= 11 is 0. The Kier molecular flexibility index (Phi) is 7.66. The topological polar surface area (TPSA) is 111 Å². The van der Waals surface area contributed by atoms with Crippen LogP contribution in [0.1, 0.15) is 74.0 Å². The molecule has 2 aliphatic rings. The molecule has 9 nitrogen and oxygen atoms in total. The maximum absolute atomic E-state index is 12.6. The first kappa shape index (κ1) is 27.2. The number of benzene rings is 2. The quantitative estimate of drug-likeness (QED) is 0.484. The lowest BCUT2D eigenvalue weighted by molar-refractivity contribution is -0.117. The standard InChI is InChI=1S/C29H36N4O5S/c1-19(17-21-7-5-4-6-8-21)33-26-14-11-22-15-16-32(29(35)38-3)18-25(22)27(26)30-28(33)23-9-12-24(13-10-23)39(36,37)31-20(2)34/h4-8,11,14,19,23-24H,9-10,12-13,15-18H2,1-3H3,(H,31,34)/t19-,23?,24?/m0/s1. The number of hydrogen-bond acceptors (Lipinski definition) is 6. The normalized spacial score (nSPS) is 20.3. The number of aromatic nitrogens is 2. The van der Waals surface area contributed by atoms with Gasteiger partial charge in [-0.1, -0.05) is 36.4 Å². The van der Waals surface area contributed by atoms with E-state index >= 15 is 0 Å². The molecule has 1 atom stereocenters. The summed E-state index contributed by atoms with van der Waals surface area (Å²) in [7, 11) is -2.28. The van der Waals surface area contributed by atoms with Crippen LogP contribution in [0.3, 0.4) is 0 Å². The first-order chi connectivity index (χ1) is 18.7. The van der Waals surface area contributed by atoms with Crippen molar-refractivity contribution in [2.45, 2.75) is 76.1 Å². The Bertz CT molecular complexity index is 1480. The van der Waals surface area contributed by atoms with Crippen molar-refractivity contribution < 1.29 is 22.7 Å². The fourth-order valence-electron chi connectivity index (χ4n) is 6.21. The minimum Gasteiger partial charge on any atom is -0.453 e. The van der Waals surface area contributed by atoms with Gasteiger partial charge in [0.05, 0.1) is 29.9 Å². The fourth-order valence-corrected chi connectivity index (χ4v) is 7.67. The molecule has 1 aliphatic heterocycles. The molecule has 1 aliphatic carbocycles. The van der Waals surface area contributed by atoms with Crippen LogP contribution in [0.2, 0.25) is 0 Å². The van der Waals surface area contributed by atoms with Crippen LogP contribution >= 0.6 is 0 Å². The van der Waals surface area contributed by atoms with Crippen molar-refractivity contribution in [3.05, 3.63) is 65.0 Å². The van der Waals surface area contributed by atoms with Crippen molar-refractivity contribution in [2.24, 2.45) is 0 Å². The lowest BCUT2D eigenvalue weighted by atomic mass is 9.88. The molecule has 0 radical (unpaired) electrons. The number of nitrogens with zero attached hydrogens (tertiary/aromatic N) is 3. The molecule has 0 unspecified atom stereocenters. The molecule has 2 heterocycles. The van der Waals surface area contributed by atoms with Gasteiger partial charge in [0.2, 0.25) is 15.9 Å². The summed E-state index contributed by atoms with van der Waals surface area (Å²) in [6.45, 7) is 4.48. The van der Waals surface area contributed by atoms with Crippen molar-refractivity contribution in [2.75, 3.05) is 13.7 Å². The molecule has 2 aromatic carbocycles. The van der Waals surface area contributed by atoms with Gasteiger partial charge < -0.3 is 14.2 Å². The summed E-state index contributed by atoms with van der Waals surface area (Å²) < 4.78 is 34.7. The number of imidazole rings is 1. The highest BCUT2D eigenvalue weighted by molar-refractivity contribution is 7.90. The molecule has 39 heavy (non-hydrogen) atoms. The molecule has 0 spiro atoms. The van der Waals surface area contributed by atoms with Crippen molar-refractivity contribution >= 4 is 33.1 Å². The van der Waals surface area contributed by atoms with Crippen molar-refractivity contribution in [3.8, 4) is 0 Å². The van der Waals surface area contributed by atoms with Crippen LogP contribution in [-0.2, 0) is 38.9 Å². The Labute approximate surface area is 229 Å². The molecule has 5 rings (SSSR count). The molecule has 1 fully saturated rings. The van der Waals surface area contributed by atoms with Crippen LogP contribution in [0.4, 0.5) is 4.79 Å². The van der Waals surface area contributed by atoms with Crippen LogP contribution < -0.4 is 4.72 Å². The summed E-state index contributed by atoms with van der Waals surface area (Å²) in [6.07, 6.45) is 3.51. The predicted molar refractivity (Wildman–Crippen MR) is 149 cm³/mol. The molecule has 208 valence electrons. The number of fused-ring (bicyclic) bond motifs is 3. The fraction of sp³-hybridized carbons (Fsp3) is 0.483. The zero-order valence-electron chi connectivity index (χ0n) is 22.7. The smallest absolute Gasteiger partial charge is 0.409 e. The summed E-state index contributed by atoms with van der Waals surface area (Å²) in [4.78, 5) is 30.7. The second-order valence-corrected chi connectivity index (χ2v) is 12.7. The molecule has 1 aromatic heterocycles. The number of nitrogens with one attached hydrogen (secondary N) is 1. The first-order valence-corrected chi connectivity index (χ1v) is 15.1. The lowest BCUT2D eigenvalue weighted by Gasteiger charge is -2.29. The molecule has 1 saturated carbocycles. The maximum Gasteiger partial charge on any atom is 0.409 e. The minimum absolute atomic E-state index is 0.0929.